The summed E-state index contributed by atoms with van der Waals surface area (Å²) >= 11 is 0.954. The van der Waals surface area contributed by atoms with Crippen LogP contribution in [0.3, 0.4) is 0 Å². The normalized spacial score (nSPS) is 10.1. The van der Waals surface area contributed by atoms with Gasteiger partial charge in [-0.15, -0.1) is 0 Å². The predicted molar refractivity (Wildman–Crippen MR) is 114 cm³/mol. The third-order valence-electron chi connectivity index (χ3n) is 3.96. The largest absolute Gasteiger partial charge is 0.325 e. The van der Waals surface area contributed by atoms with Gasteiger partial charge in [-0.05, 0) is 19.1 Å². The van der Waals surface area contributed by atoms with Crippen molar-refractivity contribution in [1.82, 2.24) is 15.3 Å². The highest BCUT2D eigenvalue weighted by Crippen LogP contribution is 2.22. The van der Waals surface area contributed by atoms with Crippen LogP contribution >= 0.6 is 11.8 Å². The summed E-state index contributed by atoms with van der Waals surface area (Å²) in [6.45, 7) is 1.92. The number of benzene rings is 2. The number of nitrogens with zero attached hydrogens (tertiary/aromatic N) is 2. The van der Waals surface area contributed by atoms with E-state index in [9.17, 15) is 19.6 Å². The molecule has 150 valence electrons. The summed E-state index contributed by atoms with van der Waals surface area (Å²) in [7, 11) is 0. The summed E-state index contributed by atoms with van der Waals surface area (Å²) in [5.74, 6) is -0.706. The number of anilines is 1. The second kappa shape index (κ2) is 9.54. The van der Waals surface area contributed by atoms with E-state index in [1.165, 1.54) is 0 Å². The molecule has 30 heavy (non-hydrogen) atoms. The van der Waals surface area contributed by atoms with Crippen LogP contribution in [-0.4, -0.2) is 27.7 Å². The maximum atomic E-state index is 12.3. The van der Waals surface area contributed by atoms with Crippen LogP contribution in [0.1, 0.15) is 11.1 Å². The lowest BCUT2D eigenvalue weighted by atomic mass is 10.1. The highest BCUT2D eigenvalue weighted by atomic mass is 32.2. The van der Waals surface area contributed by atoms with Crippen molar-refractivity contribution in [1.29, 1.82) is 5.26 Å². The molecule has 3 N–H and O–H groups in total. The van der Waals surface area contributed by atoms with Gasteiger partial charge in [0.2, 0.25) is 5.91 Å². The molecular weight excluding hydrogens is 402 g/mol. The molecule has 3 rings (SSSR count). The Hall–Kier alpha value is -3.90. The third-order valence-corrected chi connectivity index (χ3v) is 4.83. The number of carbonyl (C=O) groups is 2. The van der Waals surface area contributed by atoms with E-state index in [4.69, 9.17) is 0 Å². The van der Waals surface area contributed by atoms with Gasteiger partial charge in [0, 0.05) is 11.3 Å². The molecule has 2 aromatic carbocycles. The third kappa shape index (κ3) is 5.33. The maximum Gasteiger partial charge on any atom is 0.325 e. The first-order chi connectivity index (χ1) is 14.5. The number of para-hydroxylation sites is 1. The maximum absolute atomic E-state index is 12.3. The van der Waals surface area contributed by atoms with Crippen molar-refractivity contribution in [2.75, 3.05) is 11.1 Å². The van der Waals surface area contributed by atoms with Crippen LogP contribution in [0.2, 0.25) is 0 Å². The van der Waals surface area contributed by atoms with E-state index in [0.29, 0.717) is 11.3 Å². The number of aryl methyl sites for hydroxylation is 1. The molecule has 1 heterocycles. The summed E-state index contributed by atoms with van der Waals surface area (Å²) in [4.78, 5) is 43.0. The predicted octanol–water partition coefficient (Wildman–Crippen LogP) is 3.06. The van der Waals surface area contributed by atoms with Crippen molar-refractivity contribution >= 4 is 29.4 Å². The second-order valence-electron chi connectivity index (χ2n) is 6.23. The van der Waals surface area contributed by atoms with Gasteiger partial charge in [-0.1, -0.05) is 59.8 Å². The van der Waals surface area contributed by atoms with E-state index in [0.717, 1.165) is 17.3 Å². The van der Waals surface area contributed by atoms with Crippen molar-refractivity contribution in [3.8, 4) is 17.3 Å². The zero-order valence-corrected chi connectivity index (χ0v) is 16.7. The number of carbonyl (C=O) groups excluding carboxylic acids is 2. The lowest BCUT2D eigenvalue weighted by Crippen LogP contribution is -2.35. The fourth-order valence-corrected chi connectivity index (χ4v) is 3.19. The topological polar surface area (TPSA) is 128 Å². The molecule has 0 fully saturated rings. The SMILES string of the molecule is Cc1ccc(-c2nc(SCC(=O)NC(=O)Nc3ccccc3)[nH]c(=O)c2C#N)cc1. The zero-order chi connectivity index (χ0) is 21.5. The van der Waals surface area contributed by atoms with Crippen molar-refractivity contribution in [2.45, 2.75) is 12.1 Å². The monoisotopic (exact) mass is 419 g/mol. The Balaban J connectivity index is 1.68. The van der Waals surface area contributed by atoms with Crippen molar-refractivity contribution < 1.29 is 9.59 Å². The zero-order valence-electron chi connectivity index (χ0n) is 15.9. The number of hydrogen-bond acceptors (Lipinski definition) is 6. The molecule has 0 radical (unpaired) electrons. The Labute approximate surface area is 176 Å². The summed E-state index contributed by atoms with van der Waals surface area (Å²) < 4.78 is 0. The Kier molecular flexibility index (Phi) is 6.62. The first-order valence-corrected chi connectivity index (χ1v) is 9.85. The summed E-state index contributed by atoms with van der Waals surface area (Å²) in [6.07, 6.45) is 0. The molecule has 0 aliphatic carbocycles. The number of aromatic nitrogens is 2. The number of urea groups is 1. The number of aromatic amines is 1. The first kappa shape index (κ1) is 20.8. The molecule has 0 bridgehead atoms. The number of H-pyrrole nitrogens is 1. The molecule has 0 unspecified atom stereocenters. The Morgan fingerprint density at radius 1 is 1.13 bits per heavy atom. The lowest BCUT2D eigenvalue weighted by Gasteiger charge is -2.08. The van der Waals surface area contributed by atoms with Gasteiger partial charge in [-0.2, -0.15) is 5.26 Å². The molecule has 3 amide bonds. The smallest absolute Gasteiger partial charge is 0.308 e. The summed E-state index contributed by atoms with van der Waals surface area (Å²) in [6, 6.07) is 17.2. The van der Waals surface area contributed by atoms with Gasteiger partial charge in [0.05, 0.1) is 11.4 Å². The molecular formula is C21H17N5O3S. The van der Waals surface area contributed by atoms with Crippen LogP contribution < -0.4 is 16.2 Å². The number of hydrogen-bond donors (Lipinski definition) is 3. The van der Waals surface area contributed by atoms with Crippen LogP contribution in [0.4, 0.5) is 10.5 Å². The second-order valence-corrected chi connectivity index (χ2v) is 7.19. The molecule has 0 aliphatic rings. The standard InChI is InChI=1S/C21H17N5O3S/c1-13-7-9-14(10-8-13)18-16(11-22)19(28)26-21(25-18)30-12-17(27)24-20(29)23-15-5-3-2-4-6-15/h2-10H,12H2,1H3,(H,25,26,28)(H2,23,24,27,29). The van der Waals surface area contributed by atoms with Gasteiger partial charge in [0.15, 0.2) is 5.16 Å². The fourth-order valence-electron chi connectivity index (χ4n) is 2.53. The van der Waals surface area contributed by atoms with Gasteiger partial charge in [-0.25, -0.2) is 9.78 Å². The molecule has 8 nitrogen and oxygen atoms in total. The van der Waals surface area contributed by atoms with E-state index in [1.54, 1.807) is 42.5 Å². The van der Waals surface area contributed by atoms with Gasteiger partial charge in [-0.3, -0.25) is 14.9 Å². The fraction of sp³-hybridized carbons (Fsp3) is 0.0952. The van der Waals surface area contributed by atoms with Gasteiger partial charge < -0.3 is 10.3 Å². The van der Waals surface area contributed by atoms with Crippen LogP contribution in [0, 0.1) is 18.3 Å². The average Bonchev–Trinajstić information content (AvgIpc) is 2.73. The number of amides is 3. The Morgan fingerprint density at radius 3 is 2.50 bits per heavy atom. The molecule has 0 saturated carbocycles. The van der Waals surface area contributed by atoms with E-state index in [1.807, 2.05) is 25.1 Å². The Morgan fingerprint density at radius 2 is 1.83 bits per heavy atom. The Bertz CT molecular complexity index is 1170. The minimum Gasteiger partial charge on any atom is -0.308 e. The minimum atomic E-state index is -0.659. The quantitative estimate of drug-likeness (QED) is 0.431. The van der Waals surface area contributed by atoms with Crippen LogP contribution in [0.5, 0.6) is 0 Å². The van der Waals surface area contributed by atoms with Crippen LogP contribution in [0.15, 0.2) is 64.5 Å². The lowest BCUT2D eigenvalue weighted by molar-refractivity contribution is -0.117. The van der Waals surface area contributed by atoms with E-state index in [-0.39, 0.29) is 22.2 Å². The molecule has 0 saturated heterocycles. The number of nitrogens with one attached hydrogen (secondary N) is 3. The highest BCUT2D eigenvalue weighted by molar-refractivity contribution is 7.99. The number of rotatable bonds is 5. The van der Waals surface area contributed by atoms with Gasteiger partial charge in [0.25, 0.3) is 5.56 Å². The molecule has 0 spiro atoms. The van der Waals surface area contributed by atoms with Gasteiger partial charge >= 0.3 is 6.03 Å². The van der Waals surface area contributed by atoms with E-state index in [2.05, 4.69) is 20.6 Å². The average molecular weight is 419 g/mol. The highest BCUT2D eigenvalue weighted by Gasteiger charge is 2.15. The number of thioether (sulfide) groups is 1. The van der Waals surface area contributed by atoms with E-state index < -0.39 is 17.5 Å². The summed E-state index contributed by atoms with van der Waals surface area (Å²) in [5.41, 5.74) is 1.75. The molecule has 1 aromatic heterocycles. The van der Waals surface area contributed by atoms with Crippen LogP contribution in [-0.2, 0) is 4.79 Å². The molecule has 0 aliphatic heterocycles. The summed E-state index contributed by atoms with van der Waals surface area (Å²) in [5, 5.41) is 14.2. The van der Waals surface area contributed by atoms with Gasteiger partial charge in [0.1, 0.15) is 11.6 Å². The first-order valence-electron chi connectivity index (χ1n) is 8.86. The van der Waals surface area contributed by atoms with Crippen molar-refractivity contribution in [2.24, 2.45) is 0 Å². The molecule has 0 atom stereocenters. The number of imide groups is 1. The van der Waals surface area contributed by atoms with Crippen LogP contribution in [0.25, 0.3) is 11.3 Å². The van der Waals surface area contributed by atoms with Crippen molar-refractivity contribution in [3.05, 3.63) is 76.1 Å². The van der Waals surface area contributed by atoms with Crippen molar-refractivity contribution in [3.63, 3.8) is 0 Å². The number of nitriles is 1. The van der Waals surface area contributed by atoms with E-state index >= 15 is 0 Å². The molecule has 9 heteroatoms. The minimum absolute atomic E-state index is 0.102. The molecule has 3 aromatic rings.